The molecule has 7 nitrogen and oxygen atoms in total. The van der Waals surface area contributed by atoms with Crippen LogP contribution >= 0.6 is 11.6 Å². The first-order chi connectivity index (χ1) is 11.2. The van der Waals surface area contributed by atoms with Crippen molar-refractivity contribution in [2.45, 2.75) is 12.5 Å². The summed E-state index contributed by atoms with van der Waals surface area (Å²) in [7, 11) is 1.51. The Labute approximate surface area is 138 Å². The van der Waals surface area contributed by atoms with Gasteiger partial charge in [-0.2, -0.15) is 5.10 Å². The number of H-pyrrole nitrogens is 1. The molecule has 3 rings (SSSR count). The van der Waals surface area contributed by atoms with Crippen LogP contribution in [0, 0.1) is 5.92 Å². The van der Waals surface area contributed by atoms with Crippen molar-refractivity contribution < 1.29 is 14.3 Å². The molecule has 23 heavy (non-hydrogen) atoms. The van der Waals surface area contributed by atoms with Gasteiger partial charge in [-0.15, -0.1) is 0 Å². The first kappa shape index (κ1) is 15.8. The Hall–Kier alpha value is -2.12. The summed E-state index contributed by atoms with van der Waals surface area (Å²) >= 11 is 6.12. The molecule has 1 aromatic heterocycles. The lowest BCUT2D eigenvalue weighted by Crippen LogP contribution is -2.31. The van der Waals surface area contributed by atoms with Gasteiger partial charge in [0.25, 0.3) is 5.91 Å². The second-order valence-electron chi connectivity index (χ2n) is 5.24. The lowest BCUT2D eigenvalue weighted by Gasteiger charge is -2.17. The molecule has 0 aliphatic carbocycles. The highest BCUT2D eigenvalue weighted by molar-refractivity contribution is 6.34. The van der Waals surface area contributed by atoms with E-state index in [0.29, 0.717) is 35.3 Å². The van der Waals surface area contributed by atoms with Gasteiger partial charge in [0, 0.05) is 19.1 Å². The van der Waals surface area contributed by atoms with Crippen LogP contribution < -0.4 is 10.1 Å². The summed E-state index contributed by atoms with van der Waals surface area (Å²) in [4.78, 5) is 16.6. The molecule has 0 saturated carbocycles. The molecule has 2 aromatic rings. The van der Waals surface area contributed by atoms with E-state index in [0.717, 1.165) is 6.42 Å². The molecule has 2 N–H and O–H groups in total. The topological polar surface area (TPSA) is 89.1 Å². The van der Waals surface area contributed by atoms with Crippen molar-refractivity contribution >= 4 is 17.5 Å². The van der Waals surface area contributed by atoms with Gasteiger partial charge in [-0.25, -0.2) is 4.98 Å². The van der Waals surface area contributed by atoms with Crippen molar-refractivity contribution in [3.63, 3.8) is 0 Å². The normalized spacial score (nSPS) is 20.4. The number of hydrogen-bond donors (Lipinski definition) is 2. The van der Waals surface area contributed by atoms with Crippen LogP contribution in [-0.2, 0) is 4.74 Å². The highest BCUT2D eigenvalue weighted by atomic mass is 35.5. The fraction of sp³-hybridized carbons (Fsp3) is 0.400. The van der Waals surface area contributed by atoms with Gasteiger partial charge in [0.2, 0.25) is 0 Å². The number of ether oxygens (including phenoxy) is 2. The van der Waals surface area contributed by atoms with E-state index in [1.807, 2.05) is 0 Å². The molecule has 1 aromatic carbocycles. The summed E-state index contributed by atoms with van der Waals surface area (Å²) in [5, 5.41) is 9.92. The van der Waals surface area contributed by atoms with Crippen LogP contribution in [-0.4, -0.2) is 41.3 Å². The molecular weight excluding hydrogens is 320 g/mol. The summed E-state index contributed by atoms with van der Waals surface area (Å²) in [6.07, 6.45) is 2.10. The van der Waals surface area contributed by atoms with Crippen molar-refractivity contribution in [1.29, 1.82) is 0 Å². The molecular formula is C15H17ClN4O3. The van der Waals surface area contributed by atoms with Crippen LogP contribution in [0.4, 0.5) is 0 Å². The Balaban J connectivity index is 1.67. The van der Waals surface area contributed by atoms with Crippen LogP contribution in [0.3, 0.4) is 0 Å². The van der Waals surface area contributed by atoms with E-state index in [-0.39, 0.29) is 17.9 Å². The zero-order valence-electron chi connectivity index (χ0n) is 12.6. The average Bonchev–Trinajstić information content (AvgIpc) is 3.22. The van der Waals surface area contributed by atoms with Crippen molar-refractivity contribution in [2.75, 3.05) is 20.3 Å². The number of halogens is 1. The van der Waals surface area contributed by atoms with Gasteiger partial charge >= 0.3 is 0 Å². The predicted molar refractivity (Wildman–Crippen MR) is 83.5 cm³/mol. The van der Waals surface area contributed by atoms with Crippen molar-refractivity contribution in [2.24, 2.45) is 5.92 Å². The summed E-state index contributed by atoms with van der Waals surface area (Å²) in [5.74, 6) is 0.984. The number of rotatable bonds is 5. The Kier molecular flexibility index (Phi) is 4.78. The predicted octanol–water partition coefficient (Wildman–Crippen LogP) is 1.97. The van der Waals surface area contributed by atoms with Crippen molar-refractivity contribution in [3.8, 4) is 5.75 Å². The zero-order chi connectivity index (χ0) is 16.2. The third-order valence-corrected chi connectivity index (χ3v) is 4.18. The van der Waals surface area contributed by atoms with Crippen LogP contribution in [0.25, 0.3) is 0 Å². The van der Waals surface area contributed by atoms with Gasteiger partial charge in [-0.3, -0.25) is 9.89 Å². The summed E-state index contributed by atoms with van der Waals surface area (Å²) in [6, 6.07) is 5.11. The van der Waals surface area contributed by atoms with Gasteiger partial charge in [0.15, 0.2) is 5.82 Å². The van der Waals surface area contributed by atoms with E-state index in [9.17, 15) is 4.79 Å². The van der Waals surface area contributed by atoms with E-state index in [4.69, 9.17) is 21.1 Å². The molecule has 2 atom stereocenters. The second kappa shape index (κ2) is 6.97. The zero-order valence-corrected chi connectivity index (χ0v) is 13.3. The number of aromatic nitrogens is 3. The Morgan fingerprint density at radius 1 is 1.57 bits per heavy atom. The number of nitrogens with one attached hydrogen (secondary N) is 2. The number of carbonyl (C=O) groups is 1. The third kappa shape index (κ3) is 3.30. The molecule has 8 heteroatoms. The van der Waals surface area contributed by atoms with Gasteiger partial charge < -0.3 is 14.8 Å². The number of aromatic amines is 1. The van der Waals surface area contributed by atoms with E-state index in [2.05, 4.69) is 20.5 Å². The number of hydrogen-bond acceptors (Lipinski definition) is 5. The maximum absolute atomic E-state index is 12.4. The van der Waals surface area contributed by atoms with Crippen LogP contribution in [0.2, 0.25) is 5.02 Å². The fourth-order valence-corrected chi connectivity index (χ4v) is 2.96. The molecule has 0 bridgehead atoms. The largest absolute Gasteiger partial charge is 0.496 e. The Morgan fingerprint density at radius 2 is 2.43 bits per heavy atom. The fourth-order valence-electron chi connectivity index (χ4n) is 2.70. The van der Waals surface area contributed by atoms with Crippen LogP contribution in [0.5, 0.6) is 5.75 Å². The van der Waals surface area contributed by atoms with E-state index < -0.39 is 0 Å². The van der Waals surface area contributed by atoms with Crippen molar-refractivity contribution in [1.82, 2.24) is 20.5 Å². The SMILES string of the molecule is COc1cccc(Cl)c1C(=O)NC[C@@H]1CCO[C@@H]1c1ncn[nH]1. The Bertz CT molecular complexity index is 677. The number of nitrogens with zero attached hydrogens (tertiary/aromatic N) is 2. The minimum atomic E-state index is -0.268. The molecule has 122 valence electrons. The minimum absolute atomic E-state index is 0.125. The summed E-state index contributed by atoms with van der Waals surface area (Å²) < 4.78 is 10.9. The lowest BCUT2D eigenvalue weighted by atomic mass is 10.0. The second-order valence-corrected chi connectivity index (χ2v) is 5.65. The summed E-state index contributed by atoms with van der Waals surface area (Å²) in [5.41, 5.74) is 0.340. The number of methoxy groups -OCH3 is 1. The molecule has 0 spiro atoms. The molecule has 1 amide bonds. The van der Waals surface area contributed by atoms with Crippen molar-refractivity contribution in [3.05, 3.63) is 40.9 Å². The highest BCUT2D eigenvalue weighted by Gasteiger charge is 2.32. The van der Waals surface area contributed by atoms with Gasteiger partial charge in [0.1, 0.15) is 18.2 Å². The molecule has 1 fully saturated rings. The monoisotopic (exact) mass is 336 g/mol. The molecule has 0 radical (unpaired) electrons. The van der Waals surface area contributed by atoms with Crippen LogP contribution in [0.15, 0.2) is 24.5 Å². The standard InChI is InChI=1S/C15H17ClN4O3/c1-22-11-4-2-3-10(16)12(11)15(21)17-7-9-5-6-23-13(9)14-18-8-19-20-14/h2-4,8-9,13H,5-7H2,1H3,(H,17,21)(H,18,19,20)/t9-,13-/m0/s1. The highest BCUT2D eigenvalue weighted by Crippen LogP contribution is 2.32. The maximum atomic E-state index is 12.4. The smallest absolute Gasteiger partial charge is 0.256 e. The Morgan fingerprint density at radius 3 is 3.17 bits per heavy atom. The molecule has 1 aliphatic heterocycles. The number of carbonyl (C=O) groups excluding carboxylic acids is 1. The van der Waals surface area contributed by atoms with Crippen LogP contribution in [0.1, 0.15) is 28.7 Å². The molecule has 2 heterocycles. The van der Waals surface area contributed by atoms with Gasteiger partial charge in [-0.05, 0) is 18.6 Å². The quantitative estimate of drug-likeness (QED) is 0.871. The average molecular weight is 337 g/mol. The summed E-state index contributed by atoms with van der Waals surface area (Å²) in [6.45, 7) is 1.08. The number of amides is 1. The minimum Gasteiger partial charge on any atom is -0.496 e. The molecule has 1 saturated heterocycles. The first-order valence-corrected chi connectivity index (χ1v) is 7.66. The van der Waals surface area contributed by atoms with Gasteiger partial charge in [-0.1, -0.05) is 17.7 Å². The van der Waals surface area contributed by atoms with Gasteiger partial charge in [0.05, 0.1) is 17.7 Å². The van der Waals surface area contributed by atoms with E-state index in [1.54, 1.807) is 18.2 Å². The number of benzene rings is 1. The first-order valence-electron chi connectivity index (χ1n) is 7.28. The lowest BCUT2D eigenvalue weighted by molar-refractivity contribution is 0.0798. The molecule has 0 unspecified atom stereocenters. The maximum Gasteiger partial charge on any atom is 0.256 e. The van der Waals surface area contributed by atoms with E-state index in [1.165, 1.54) is 13.4 Å². The third-order valence-electron chi connectivity index (χ3n) is 3.86. The van der Waals surface area contributed by atoms with E-state index >= 15 is 0 Å². The molecule has 1 aliphatic rings.